The summed E-state index contributed by atoms with van der Waals surface area (Å²) < 4.78 is 0. The first kappa shape index (κ1) is 16.3. The Balaban J connectivity index is 1.90. The molecule has 2 unspecified atom stereocenters. The number of amides is 2. The third kappa shape index (κ3) is 3.98. The number of halogens is 1. The van der Waals surface area contributed by atoms with Crippen LogP contribution >= 0.6 is 11.6 Å². The van der Waals surface area contributed by atoms with Gasteiger partial charge in [0.1, 0.15) is 6.04 Å². The molecule has 1 aromatic rings. The Morgan fingerprint density at radius 2 is 2.09 bits per heavy atom. The molecule has 0 fully saturated rings. The lowest BCUT2D eigenvalue weighted by Crippen LogP contribution is -2.48. The van der Waals surface area contributed by atoms with E-state index in [9.17, 15) is 9.59 Å². The van der Waals surface area contributed by atoms with Crippen LogP contribution in [-0.4, -0.2) is 36.2 Å². The molecule has 1 aliphatic heterocycles. The summed E-state index contributed by atoms with van der Waals surface area (Å²) in [5, 5.41) is 9.83. The maximum absolute atomic E-state index is 12.1. The van der Waals surface area contributed by atoms with Crippen LogP contribution in [0.2, 0.25) is 5.02 Å². The van der Waals surface area contributed by atoms with Crippen LogP contribution in [-0.2, 0) is 14.4 Å². The average Bonchev–Trinajstić information content (AvgIpc) is 2.98. The number of likely N-dealkylation sites (N-methyl/N-ethyl adjacent to an activating group) is 1. The van der Waals surface area contributed by atoms with Gasteiger partial charge in [0, 0.05) is 18.0 Å². The van der Waals surface area contributed by atoms with Crippen LogP contribution in [0.25, 0.3) is 0 Å². The van der Waals surface area contributed by atoms with Crippen molar-refractivity contribution in [1.29, 1.82) is 0 Å². The number of benzene rings is 1. The van der Waals surface area contributed by atoms with Crippen molar-refractivity contribution < 1.29 is 14.4 Å². The van der Waals surface area contributed by atoms with Gasteiger partial charge in [0.2, 0.25) is 12.0 Å². The van der Waals surface area contributed by atoms with Crippen LogP contribution in [0.15, 0.2) is 29.4 Å². The maximum Gasteiger partial charge on any atom is 0.264 e. The molecule has 1 heterocycles. The van der Waals surface area contributed by atoms with E-state index in [-0.39, 0.29) is 11.8 Å². The Labute approximate surface area is 133 Å². The summed E-state index contributed by atoms with van der Waals surface area (Å²) in [5.74, 6) is -0.584. The number of carbonyl (C=O) groups excluding carboxylic acids is 2. The minimum absolute atomic E-state index is 0.229. The van der Waals surface area contributed by atoms with Crippen molar-refractivity contribution >= 4 is 29.1 Å². The number of hydrogen-bond acceptors (Lipinski definition) is 4. The molecular formula is C15H18ClN3O3. The third-order valence-corrected chi connectivity index (χ3v) is 3.49. The topological polar surface area (TPSA) is 79.8 Å². The van der Waals surface area contributed by atoms with Gasteiger partial charge in [0.15, 0.2) is 0 Å². The average molecular weight is 324 g/mol. The molecular weight excluding hydrogens is 306 g/mol. The summed E-state index contributed by atoms with van der Waals surface area (Å²) in [6, 6.07) is 6.54. The predicted molar refractivity (Wildman–Crippen MR) is 83.8 cm³/mol. The zero-order chi connectivity index (χ0) is 16.1. The number of rotatable bonds is 5. The van der Waals surface area contributed by atoms with E-state index in [2.05, 4.69) is 15.8 Å². The van der Waals surface area contributed by atoms with Crippen molar-refractivity contribution in [3.05, 3.63) is 34.9 Å². The molecule has 1 aromatic carbocycles. The zero-order valence-corrected chi connectivity index (χ0v) is 13.2. The first-order valence-corrected chi connectivity index (χ1v) is 7.45. The quantitative estimate of drug-likeness (QED) is 0.861. The molecule has 22 heavy (non-hydrogen) atoms. The van der Waals surface area contributed by atoms with Crippen molar-refractivity contribution in [2.24, 2.45) is 5.16 Å². The number of nitrogens with zero attached hydrogens (tertiary/aromatic N) is 1. The van der Waals surface area contributed by atoms with Gasteiger partial charge in [-0.25, -0.2) is 0 Å². The van der Waals surface area contributed by atoms with Crippen molar-refractivity contribution in [3.8, 4) is 0 Å². The normalized spacial score (nSPS) is 18.1. The molecule has 7 heteroatoms. The van der Waals surface area contributed by atoms with Crippen LogP contribution in [0, 0.1) is 0 Å². The van der Waals surface area contributed by atoms with Gasteiger partial charge in [0.05, 0.1) is 5.71 Å². The van der Waals surface area contributed by atoms with Crippen LogP contribution in [0.3, 0.4) is 0 Å². The first-order valence-electron chi connectivity index (χ1n) is 7.08. The molecule has 0 saturated carbocycles. The molecule has 6 nitrogen and oxygen atoms in total. The molecule has 2 rings (SSSR count). The lowest BCUT2D eigenvalue weighted by molar-refractivity contribution is -0.135. The molecule has 0 spiro atoms. The molecule has 118 valence electrons. The largest absolute Gasteiger partial charge is 0.382 e. The Bertz CT molecular complexity index is 586. The van der Waals surface area contributed by atoms with E-state index in [0.717, 1.165) is 5.56 Å². The lowest BCUT2D eigenvalue weighted by atomic mass is 10.0. The van der Waals surface area contributed by atoms with E-state index in [1.54, 1.807) is 19.1 Å². The van der Waals surface area contributed by atoms with Crippen molar-refractivity contribution in [2.45, 2.75) is 32.4 Å². The fourth-order valence-electron chi connectivity index (χ4n) is 2.03. The second kappa shape index (κ2) is 7.26. The monoisotopic (exact) mass is 323 g/mol. The summed E-state index contributed by atoms with van der Waals surface area (Å²) in [7, 11) is 0. The predicted octanol–water partition coefficient (Wildman–Crippen LogP) is 1.47. The molecule has 2 atom stereocenters. The van der Waals surface area contributed by atoms with Crippen LogP contribution < -0.4 is 10.6 Å². The van der Waals surface area contributed by atoms with E-state index < -0.39 is 12.1 Å². The summed E-state index contributed by atoms with van der Waals surface area (Å²) in [6.45, 7) is 3.96. The summed E-state index contributed by atoms with van der Waals surface area (Å²) in [4.78, 5) is 28.9. The van der Waals surface area contributed by atoms with Crippen LogP contribution in [0.1, 0.15) is 25.8 Å². The fourth-order valence-corrected chi connectivity index (χ4v) is 2.16. The lowest BCUT2D eigenvalue weighted by Gasteiger charge is -2.15. The van der Waals surface area contributed by atoms with Gasteiger partial charge in [-0.05, 0) is 31.5 Å². The standard InChI is InChI=1S/C15H18ClN3O3/c1-3-17-14(20)9(2)18-15(21)13-8-12(19-22-13)10-4-6-11(16)7-5-10/h4-7,9,13H,3,8H2,1-2H3,(H,17,20)(H,18,21). The molecule has 0 radical (unpaired) electrons. The highest BCUT2D eigenvalue weighted by atomic mass is 35.5. The van der Waals surface area contributed by atoms with E-state index in [1.807, 2.05) is 19.1 Å². The van der Waals surface area contributed by atoms with Crippen LogP contribution in [0.5, 0.6) is 0 Å². The first-order chi connectivity index (χ1) is 10.5. The number of oxime groups is 1. The number of carbonyl (C=O) groups is 2. The highest BCUT2D eigenvalue weighted by Crippen LogP contribution is 2.18. The summed E-state index contributed by atoms with van der Waals surface area (Å²) in [6.07, 6.45) is -0.363. The minimum atomic E-state index is -0.720. The Hall–Kier alpha value is -2.08. The van der Waals surface area contributed by atoms with E-state index in [4.69, 9.17) is 16.4 Å². The SMILES string of the molecule is CCNC(=O)C(C)NC(=O)C1CC(c2ccc(Cl)cc2)=NO1. The van der Waals surface area contributed by atoms with Gasteiger partial charge in [0.25, 0.3) is 5.91 Å². The Kier molecular flexibility index (Phi) is 5.38. The van der Waals surface area contributed by atoms with Crippen LogP contribution in [0.4, 0.5) is 0 Å². The maximum atomic E-state index is 12.1. The molecule has 2 N–H and O–H groups in total. The highest BCUT2D eigenvalue weighted by Gasteiger charge is 2.30. The van der Waals surface area contributed by atoms with Gasteiger partial charge in [-0.2, -0.15) is 0 Å². The molecule has 0 aliphatic carbocycles. The van der Waals surface area contributed by atoms with Crippen molar-refractivity contribution in [1.82, 2.24) is 10.6 Å². The van der Waals surface area contributed by atoms with Gasteiger partial charge < -0.3 is 15.5 Å². The second-order valence-electron chi connectivity index (χ2n) is 4.97. The zero-order valence-electron chi connectivity index (χ0n) is 12.4. The second-order valence-corrected chi connectivity index (χ2v) is 5.40. The smallest absolute Gasteiger partial charge is 0.264 e. The number of hydrogen-bond donors (Lipinski definition) is 2. The highest BCUT2D eigenvalue weighted by molar-refractivity contribution is 6.30. The molecule has 2 amide bonds. The van der Waals surface area contributed by atoms with Crippen molar-refractivity contribution in [2.75, 3.05) is 6.54 Å². The minimum Gasteiger partial charge on any atom is -0.382 e. The van der Waals surface area contributed by atoms with Gasteiger partial charge in [-0.15, -0.1) is 0 Å². The molecule has 1 aliphatic rings. The van der Waals surface area contributed by atoms with Gasteiger partial charge in [-0.1, -0.05) is 28.9 Å². The molecule has 0 bridgehead atoms. The number of nitrogens with one attached hydrogen (secondary N) is 2. The van der Waals surface area contributed by atoms with E-state index in [0.29, 0.717) is 23.7 Å². The van der Waals surface area contributed by atoms with Gasteiger partial charge >= 0.3 is 0 Å². The Morgan fingerprint density at radius 3 is 2.73 bits per heavy atom. The fraction of sp³-hybridized carbons (Fsp3) is 0.400. The third-order valence-electron chi connectivity index (χ3n) is 3.24. The van der Waals surface area contributed by atoms with E-state index in [1.165, 1.54) is 0 Å². The van der Waals surface area contributed by atoms with E-state index >= 15 is 0 Å². The van der Waals surface area contributed by atoms with Crippen molar-refractivity contribution in [3.63, 3.8) is 0 Å². The Morgan fingerprint density at radius 1 is 1.41 bits per heavy atom. The molecule has 0 aromatic heterocycles. The summed E-state index contributed by atoms with van der Waals surface area (Å²) >= 11 is 5.84. The summed E-state index contributed by atoms with van der Waals surface area (Å²) in [5.41, 5.74) is 1.54. The van der Waals surface area contributed by atoms with Gasteiger partial charge in [-0.3, -0.25) is 9.59 Å². The molecule has 0 saturated heterocycles.